The largest absolute Gasteiger partial charge is 0.491 e. The number of nitrogens with zero attached hydrogens (tertiary/aromatic N) is 5. The quantitative estimate of drug-likeness (QED) is 0.108. The first-order valence-electron chi connectivity index (χ1n) is 15.1. The van der Waals surface area contributed by atoms with Crippen LogP contribution in [0, 0.1) is 5.82 Å². The van der Waals surface area contributed by atoms with Crippen molar-refractivity contribution >= 4 is 31.0 Å². The number of benzene rings is 1. The van der Waals surface area contributed by atoms with Crippen LogP contribution in [-0.2, 0) is 4.43 Å². The Morgan fingerprint density at radius 3 is 2.59 bits per heavy atom. The predicted octanol–water partition coefficient (Wildman–Crippen LogP) is 6.82. The van der Waals surface area contributed by atoms with Gasteiger partial charge in [0.25, 0.3) is 0 Å². The van der Waals surface area contributed by atoms with E-state index < -0.39 is 38.5 Å². The number of alkyl halides is 3. The van der Waals surface area contributed by atoms with Crippen molar-refractivity contribution in [2.45, 2.75) is 70.0 Å². The summed E-state index contributed by atoms with van der Waals surface area (Å²) in [7, 11) is -1.92. The van der Waals surface area contributed by atoms with E-state index in [0.29, 0.717) is 35.3 Å². The lowest BCUT2D eigenvalue weighted by atomic mass is 10.1. The number of carbonyl (C=O) groups is 1. The summed E-state index contributed by atoms with van der Waals surface area (Å²) in [5, 5.41) is 20.2. The molecule has 2 atom stereocenters. The van der Waals surface area contributed by atoms with Gasteiger partial charge in [-0.15, -0.1) is 10.2 Å². The Bertz CT molecular complexity index is 1730. The molecule has 1 amide bonds. The van der Waals surface area contributed by atoms with Gasteiger partial charge < -0.3 is 19.6 Å². The summed E-state index contributed by atoms with van der Waals surface area (Å²) < 4.78 is 71.4. The molecule has 46 heavy (non-hydrogen) atoms. The van der Waals surface area contributed by atoms with Crippen LogP contribution in [-0.4, -0.2) is 82.5 Å². The molecule has 3 aromatic heterocycles. The maximum absolute atomic E-state index is 14.5. The molecule has 0 unspecified atom stereocenters. The molecule has 1 aliphatic heterocycles. The minimum absolute atomic E-state index is 0.0520. The fraction of sp³-hybridized carbons (Fsp3) is 0.484. The van der Waals surface area contributed by atoms with E-state index >= 15 is 0 Å². The Morgan fingerprint density at radius 1 is 1.13 bits per heavy atom. The molecule has 1 saturated heterocycles. The molecule has 5 rings (SSSR count). The van der Waals surface area contributed by atoms with Gasteiger partial charge in [0, 0.05) is 49.8 Å². The number of carboxylic acid groups (broad SMARTS) is 1. The summed E-state index contributed by atoms with van der Waals surface area (Å²) in [5.74, 6) is -0.0630. The van der Waals surface area contributed by atoms with E-state index in [4.69, 9.17) is 14.3 Å². The zero-order valence-electron chi connectivity index (χ0n) is 26.4. The van der Waals surface area contributed by atoms with E-state index in [1.807, 2.05) is 0 Å². The number of hydrogen-bond acceptors (Lipinski definition) is 7. The molecule has 248 valence electrons. The summed E-state index contributed by atoms with van der Waals surface area (Å²) in [6.45, 7) is 11.6. The predicted molar refractivity (Wildman–Crippen MR) is 167 cm³/mol. The maximum atomic E-state index is 14.5. The van der Waals surface area contributed by atoms with Gasteiger partial charge in [0.05, 0.1) is 6.61 Å². The van der Waals surface area contributed by atoms with Crippen molar-refractivity contribution in [1.29, 1.82) is 0 Å². The minimum atomic E-state index is -4.63. The lowest BCUT2D eigenvalue weighted by Gasteiger charge is -2.36. The molecule has 1 fully saturated rings. The van der Waals surface area contributed by atoms with Gasteiger partial charge in [-0.1, -0.05) is 32.9 Å². The second-order valence-corrected chi connectivity index (χ2v) is 17.9. The van der Waals surface area contributed by atoms with Crippen LogP contribution < -0.4 is 10.1 Å². The Morgan fingerprint density at radius 2 is 1.89 bits per heavy atom. The smallest absolute Gasteiger partial charge is 0.408 e. The third-order valence-electron chi connectivity index (χ3n) is 8.73. The van der Waals surface area contributed by atoms with Crippen molar-refractivity contribution in [2.24, 2.45) is 0 Å². The number of amides is 1. The second-order valence-electron chi connectivity index (χ2n) is 13.1. The summed E-state index contributed by atoms with van der Waals surface area (Å²) in [6.07, 6.45) is -3.73. The Balaban J connectivity index is 1.41. The molecule has 1 aliphatic rings. The van der Waals surface area contributed by atoms with Crippen LogP contribution in [0.1, 0.15) is 45.2 Å². The van der Waals surface area contributed by atoms with Crippen molar-refractivity contribution < 1.29 is 36.6 Å². The number of ether oxygens (including phenoxy) is 1. The number of halogens is 4. The number of nitrogens with one attached hydrogen (secondary N) is 1. The second kappa shape index (κ2) is 12.8. The number of hydrogen-bond donors (Lipinski definition) is 2. The van der Waals surface area contributed by atoms with Crippen LogP contribution in [0.15, 0.2) is 42.6 Å². The van der Waals surface area contributed by atoms with E-state index in [9.17, 15) is 22.4 Å². The van der Waals surface area contributed by atoms with Crippen LogP contribution in [0.2, 0.25) is 18.1 Å². The van der Waals surface area contributed by atoms with Crippen LogP contribution in [0.3, 0.4) is 0 Å². The van der Waals surface area contributed by atoms with E-state index in [0.717, 1.165) is 0 Å². The standard InChI is InChI=1S/C31H38F4N6O4Si/c1-30(2,3)46(4,5)45-14-6-13-44-24-16-21(32)15-19-7-9-23(37-26(19)24)28-39-38-25-10-8-20(17-41(25)28)27(31(33,34)35)40-12-11-22(18-40)36-29(42)43/h7-10,15-17,22,27,36H,6,11-14,18H2,1-5H3,(H,42,43)/t22-,27+/m0/s1. The van der Waals surface area contributed by atoms with Gasteiger partial charge in [-0.3, -0.25) is 9.30 Å². The molecule has 0 aliphatic carbocycles. The molecule has 1 aromatic carbocycles. The molecular formula is C31H38F4N6O4Si. The lowest BCUT2D eigenvalue weighted by Crippen LogP contribution is -2.41. The fourth-order valence-corrected chi connectivity index (χ4v) is 6.44. The number of aromatic nitrogens is 4. The van der Waals surface area contributed by atoms with Crippen LogP contribution in [0.25, 0.3) is 28.1 Å². The average molecular weight is 663 g/mol. The fourth-order valence-electron chi connectivity index (χ4n) is 5.35. The van der Waals surface area contributed by atoms with Gasteiger partial charge in [0.1, 0.15) is 28.8 Å². The van der Waals surface area contributed by atoms with Crippen molar-refractivity contribution in [3.8, 4) is 17.3 Å². The average Bonchev–Trinajstić information content (AvgIpc) is 3.57. The molecule has 4 aromatic rings. The molecule has 4 heterocycles. The van der Waals surface area contributed by atoms with Crippen molar-refractivity contribution in [2.75, 3.05) is 26.3 Å². The molecule has 15 heteroatoms. The van der Waals surface area contributed by atoms with E-state index in [2.05, 4.69) is 54.4 Å². The van der Waals surface area contributed by atoms with Crippen molar-refractivity contribution in [3.63, 3.8) is 0 Å². The lowest BCUT2D eigenvalue weighted by molar-refractivity contribution is -0.184. The number of rotatable bonds is 10. The van der Waals surface area contributed by atoms with Crippen molar-refractivity contribution in [1.82, 2.24) is 29.8 Å². The van der Waals surface area contributed by atoms with Crippen LogP contribution >= 0.6 is 0 Å². The molecular weight excluding hydrogens is 624 g/mol. The summed E-state index contributed by atoms with van der Waals surface area (Å²) in [6, 6.07) is 6.06. The van der Waals surface area contributed by atoms with Gasteiger partial charge in [-0.25, -0.2) is 14.2 Å². The third-order valence-corrected chi connectivity index (χ3v) is 13.3. The molecule has 2 N–H and O–H groups in total. The van der Waals surface area contributed by atoms with E-state index in [1.165, 1.54) is 39.8 Å². The summed E-state index contributed by atoms with van der Waals surface area (Å²) >= 11 is 0. The Labute approximate surface area is 264 Å². The molecule has 10 nitrogen and oxygen atoms in total. The monoisotopic (exact) mass is 662 g/mol. The van der Waals surface area contributed by atoms with Gasteiger partial charge >= 0.3 is 12.3 Å². The Kier molecular flexibility index (Phi) is 9.30. The molecule has 0 bridgehead atoms. The van der Waals surface area contributed by atoms with Gasteiger partial charge in [-0.2, -0.15) is 13.2 Å². The van der Waals surface area contributed by atoms with E-state index in [1.54, 1.807) is 12.1 Å². The Hall–Kier alpha value is -3.82. The number of fused-ring (bicyclic) bond motifs is 2. The number of pyridine rings is 2. The summed E-state index contributed by atoms with van der Waals surface area (Å²) in [4.78, 5) is 16.9. The highest BCUT2D eigenvalue weighted by Crippen LogP contribution is 2.40. The van der Waals surface area contributed by atoms with Crippen molar-refractivity contribution in [3.05, 3.63) is 54.0 Å². The third kappa shape index (κ3) is 7.26. The van der Waals surface area contributed by atoms with Crippen LogP contribution in [0.5, 0.6) is 5.75 Å². The first-order chi connectivity index (χ1) is 21.5. The highest BCUT2D eigenvalue weighted by Gasteiger charge is 2.47. The van der Waals surface area contributed by atoms with Gasteiger partial charge in [0.15, 0.2) is 19.8 Å². The first kappa shape index (κ1) is 33.5. The zero-order valence-corrected chi connectivity index (χ0v) is 27.4. The minimum Gasteiger partial charge on any atom is -0.491 e. The normalized spacial score (nSPS) is 17.1. The van der Waals surface area contributed by atoms with E-state index in [-0.39, 0.29) is 48.3 Å². The highest BCUT2D eigenvalue weighted by molar-refractivity contribution is 6.74. The highest BCUT2D eigenvalue weighted by atomic mass is 28.4. The molecule has 0 saturated carbocycles. The topological polar surface area (TPSA) is 114 Å². The number of likely N-dealkylation sites (tertiary alicyclic amines) is 1. The molecule has 0 radical (unpaired) electrons. The van der Waals surface area contributed by atoms with Crippen LogP contribution in [0.4, 0.5) is 22.4 Å². The maximum Gasteiger partial charge on any atom is 0.408 e. The SMILES string of the molecule is CC(C)(C)[Si](C)(C)OCCCOc1cc(F)cc2ccc(-c3nnc4ccc([C@@H](N5CC[C@H](NC(=O)O)C5)C(F)(F)F)cn34)nc12. The molecule has 0 spiro atoms. The zero-order chi connectivity index (χ0) is 33.4. The van der Waals surface area contributed by atoms with Gasteiger partial charge in [0.2, 0.25) is 0 Å². The van der Waals surface area contributed by atoms with Gasteiger partial charge in [-0.05, 0) is 48.3 Å². The first-order valence-corrected chi connectivity index (χ1v) is 18.0. The summed E-state index contributed by atoms with van der Waals surface area (Å²) in [5.41, 5.74) is 0.944.